The summed E-state index contributed by atoms with van der Waals surface area (Å²) in [5, 5.41) is 14.5. The molecular formula is C15H22N4O. The molecule has 20 heavy (non-hydrogen) atoms. The monoisotopic (exact) mass is 274 g/mol. The molecule has 0 spiro atoms. The Labute approximate surface area is 119 Å². The summed E-state index contributed by atoms with van der Waals surface area (Å²) in [4.78, 5) is 0. The van der Waals surface area contributed by atoms with Crippen LogP contribution in [0.3, 0.4) is 0 Å². The van der Waals surface area contributed by atoms with E-state index in [1.165, 1.54) is 0 Å². The summed E-state index contributed by atoms with van der Waals surface area (Å²) in [5.74, 6) is 0. The Morgan fingerprint density at radius 2 is 2.00 bits per heavy atom. The molecule has 0 fully saturated rings. The van der Waals surface area contributed by atoms with Crippen LogP contribution >= 0.6 is 0 Å². The molecule has 0 saturated carbocycles. The maximum Gasteiger partial charge on any atom is 0.117 e. The van der Waals surface area contributed by atoms with Crippen LogP contribution in [0, 0.1) is 0 Å². The third-order valence-electron chi connectivity index (χ3n) is 2.95. The van der Waals surface area contributed by atoms with Gasteiger partial charge in [0.15, 0.2) is 0 Å². The number of benzene rings is 1. The lowest BCUT2D eigenvalue weighted by atomic mass is 10.1. The van der Waals surface area contributed by atoms with E-state index >= 15 is 0 Å². The summed E-state index contributed by atoms with van der Waals surface area (Å²) >= 11 is 0. The summed E-state index contributed by atoms with van der Waals surface area (Å²) < 4.78 is 5.44. The highest BCUT2D eigenvalue weighted by Gasteiger charge is 2.08. The van der Waals surface area contributed by atoms with Crippen molar-refractivity contribution < 1.29 is 4.74 Å². The van der Waals surface area contributed by atoms with Gasteiger partial charge in [0.1, 0.15) is 11.4 Å². The highest BCUT2D eigenvalue weighted by molar-refractivity contribution is 5.60. The van der Waals surface area contributed by atoms with Crippen molar-refractivity contribution in [2.24, 2.45) is 0 Å². The van der Waals surface area contributed by atoms with Gasteiger partial charge in [-0.15, -0.1) is 0 Å². The summed E-state index contributed by atoms with van der Waals surface area (Å²) in [6, 6.07) is 10.1. The van der Waals surface area contributed by atoms with Gasteiger partial charge in [0.25, 0.3) is 0 Å². The molecule has 0 aliphatic heterocycles. The molecule has 0 aliphatic rings. The van der Waals surface area contributed by atoms with Crippen LogP contribution in [-0.4, -0.2) is 35.2 Å². The molecule has 0 amide bonds. The smallest absolute Gasteiger partial charge is 0.117 e. The first kappa shape index (κ1) is 14.7. The van der Waals surface area contributed by atoms with E-state index in [0.29, 0.717) is 6.54 Å². The third-order valence-corrected chi connectivity index (χ3v) is 2.95. The zero-order valence-electron chi connectivity index (χ0n) is 11.9. The van der Waals surface area contributed by atoms with Gasteiger partial charge in [-0.1, -0.05) is 37.3 Å². The molecule has 2 N–H and O–H groups in total. The number of aromatic amines is 1. The van der Waals surface area contributed by atoms with Gasteiger partial charge in [-0.05, 0) is 19.4 Å². The molecule has 5 heteroatoms. The number of nitrogens with one attached hydrogen (secondary N) is 2. The van der Waals surface area contributed by atoms with Crippen LogP contribution in [0.4, 0.5) is 0 Å². The van der Waals surface area contributed by atoms with Crippen molar-refractivity contribution in [1.29, 1.82) is 0 Å². The number of ether oxygens (including phenoxy) is 1. The quantitative estimate of drug-likeness (QED) is 0.689. The summed E-state index contributed by atoms with van der Waals surface area (Å²) in [6.07, 6.45) is 2.09. The molecule has 0 unspecified atom stereocenters. The summed E-state index contributed by atoms with van der Waals surface area (Å²) in [7, 11) is 0. The van der Waals surface area contributed by atoms with Crippen LogP contribution in [0.25, 0.3) is 11.3 Å². The first-order valence-electron chi connectivity index (χ1n) is 7.15. The van der Waals surface area contributed by atoms with Crippen molar-refractivity contribution in [3.63, 3.8) is 0 Å². The largest absolute Gasteiger partial charge is 0.381 e. The van der Waals surface area contributed by atoms with Crippen molar-refractivity contribution >= 4 is 0 Å². The normalized spacial score (nSPS) is 10.8. The van der Waals surface area contributed by atoms with Crippen LogP contribution in [0.1, 0.15) is 25.5 Å². The lowest BCUT2D eigenvalue weighted by molar-refractivity contribution is 0.132. The summed E-state index contributed by atoms with van der Waals surface area (Å²) in [5.41, 5.74) is 2.95. The minimum Gasteiger partial charge on any atom is -0.381 e. The SMILES string of the molecule is CCCOCCCNCc1n[nH]nc1-c1ccccc1. The van der Waals surface area contributed by atoms with Crippen molar-refractivity contribution in [3.05, 3.63) is 36.0 Å². The van der Waals surface area contributed by atoms with Crippen molar-refractivity contribution in [2.75, 3.05) is 19.8 Å². The van der Waals surface area contributed by atoms with Gasteiger partial charge in [-0.3, -0.25) is 0 Å². The van der Waals surface area contributed by atoms with Gasteiger partial charge in [0.05, 0.1) is 0 Å². The molecule has 0 bridgehead atoms. The van der Waals surface area contributed by atoms with E-state index in [0.717, 1.165) is 49.6 Å². The van der Waals surface area contributed by atoms with E-state index in [9.17, 15) is 0 Å². The molecular weight excluding hydrogens is 252 g/mol. The molecule has 0 atom stereocenters. The van der Waals surface area contributed by atoms with E-state index in [4.69, 9.17) is 4.74 Å². The van der Waals surface area contributed by atoms with Gasteiger partial charge in [0.2, 0.25) is 0 Å². The molecule has 2 rings (SSSR count). The van der Waals surface area contributed by atoms with Crippen molar-refractivity contribution in [1.82, 2.24) is 20.7 Å². The Hall–Kier alpha value is -1.72. The average molecular weight is 274 g/mol. The molecule has 2 aromatic rings. The van der Waals surface area contributed by atoms with E-state index in [2.05, 4.69) is 27.7 Å². The first-order chi connectivity index (χ1) is 9.92. The molecule has 0 saturated heterocycles. The first-order valence-corrected chi connectivity index (χ1v) is 7.15. The predicted molar refractivity (Wildman–Crippen MR) is 79.3 cm³/mol. The van der Waals surface area contributed by atoms with Crippen LogP contribution in [0.5, 0.6) is 0 Å². The maximum atomic E-state index is 5.44. The predicted octanol–water partition coefficient (Wildman–Crippen LogP) is 2.38. The van der Waals surface area contributed by atoms with Crippen LogP contribution in [0.2, 0.25) is 0 Å². The maximum absolute atomic E-state index is 5.44. The third kappa shape index (κ3) is 4.43. The summed E-state index contributed by atoms with van der Waals surface area (Å²) in [6.45, 7) is 5.42. The second-order valence-corrected chi connectivity index (χ2v) is 4.63. The zero-order chi connectivity index (χ0) is 14.0. The molecule has 0 aliphatic carbocycles. The van der Waals surface area contributed by atoms with Crippen molar-refractivity contribution in [2.45, 2.75) is 26.3 Å². The fourth-order valence-electron chi connectivity index (χ4n) is 1.96. The van der Waals surface area contributed by atoms with E-state index < -0.39 is 0 Å². The van der Waals surface area contributed by atoms with Gasteiger partial charge < -0.3 is 10.1 Å². The van der Waals surface area contributed by atoms with Gasteiger partial charge in [-0.25, -0.2) is 0 Å². The minimum atomic E-state index is 0.717. The fraction of sp³-hybridized carbons (Fsp3) is 0.467. The standard InChI is InChI=1S/C15H22N4O/c1-2-10-20-11-6-9-16-12-14-15(18-19-17-14)13-7-4-3-5-8-13/h3-5,7-8,16H,2,6,9-12H2,1H3,(H,17,18,19). The molecule has 1 aromatic carbocycles. The Kier molecular flexibility index (Phi) is 6.20. The van der Waals surface area contributed by atoms with E-state index in [1.807, 2.05) is 30.3 Å². The molecule has 1 heterocycles. The fourth-order valence-corrected chi connectivity index (χ4v) is 1.96. The van der Waals surface area contributed by atoms with E-state index in [1.54, 1.807) is 0 Å². The van der Waals surface area contributed by atoms with Crippen molar-refractivity contribution in [3.8, 4) is 11.3 Å². The Balaban J connectivity index is 1.76. The molecule has 5 nitrogen and oxygen atoms in total. The Morgan fingerprint density at radius 3 is 2.80 bits per heavy atom. The average Bonchev–Trinajstić information content (AvgIpc) is 2.96. The number of nitrogens with zero attached hydrogens (tertiary/aromatic N) is 2. The lowest BCUT2D eigenvalue weighted by Gasteiger charge is -2.05. The van der Waals surface area contributed by atoms with Gasteiger partial charge in [-0.2, -0.15) is 15.4 Å². The highest BCUT2D eigenvalue weighted by atomic mass is 16.5. The Morgan fingerprint density at radius 1 is 1.15 bits per heavy atom. The van der Waals surface area contributed by atoms with Gasteiger partial charge >= 0.3 is 0 Å². The number of aromatic nitrogens is 3. The number of H-pyrrole nitrogens is 1. The lowest BCUT2D eigenvalue weighted by Crippen LogP contribution is -2.17. The number of hydrogen-bond acceptors (Lipinski definition) is 4. The zero-order valence-corrected chi connectivity index (χ0v) is 11.9. The second kappa shape index (κ2) is 8.45. The van der Waals surface area contributed by atoms with Crippen LogP contribution in [0.15, 0.2) is 30.3 Å². The Bertz CT molecular complexity index is 484. The highest BCUT2D eigenvalue weighted by Crippen LogP contribution is 2.18. The number of hydrogen-bond donors (Lipinski definition) is 2. The molecule has 1 aromatic heterocycles. The van der Waals surface area contributed by atoms with Crippen LogP contribution < -0.4 is 5.32 Å². The van der Waals surface area contributed by atoms with E-state index in [-0.39, 0.29) is 0 Å². The molecule has 0 radical (unpaired) electrons. The molecule has 108 valence electrons. The van der Waals surface area contributed by atoms with Crippen LogP contribution in [-0.2, 0) is 11.3 Å². The minimum absolute atomic E-state index is 0.717. The van der Waals surface area contributed by atoms with Gasteiger partial charge in [0, 0.05) is 25.3 Å². The number of rotatable bonds is 9. The second-order valence-electron chi connectivity index (χ2n) is 4.63. The topological polar surface area (TPSA) is 62.8 Å².